The Kier molecular flexibility index (Phi) is 5.01. The third-order valence-electron chi connectivity index (χ3n) is 6.88. The summed E-state index contributed by atoms with van der Waals surface area (Å²) >= 11 is 0. The molecule has 5 heterocycles. The van der Waals surface area contributed by atoms with Gasteiger partial charge in [0.1, 0.15) is 22.7 Å². The minimum absolute atomic E-state index is 0.0601. The number of halogens is 3. The van der Waals surface area contributed by atoms with E-state index in [9.17, 15) is 18.0 Å². The number of nitrogens with two attached hydrogens (primary N) is 1. The fraction of sp³-hybridized carbons (Fsp3) is 0.360. The van der Waals surface area contributed by atoms with Gasteiger partial charge in [-0.1, -0.05) is 13.8 Å². The van der Waals surface area contributed by atoms with Gasteiger partial charge in [0.15, 0.2) is 11.5 Å². The van der Waals surface area contributed by atoms with Gasteiger partial charge < -0.3 is 15.5 Å². The van der Waals surface area contributed by atoms with E-state index in [-0.39, 0.29) is 29.1 Å². The molecule has 3 N–H and O–H groups in total. The number of carbonyl (C=O) groups is 1. The van der Waals surface area contributed by atoms with Crippen LogP contribution in [0.1, 0.15) is 49.2 Å². The standard InChI is InChI=1S/C25H23F3N8O/c1-12(2)9-15-22-30-7-8-36(22)11-16(32-15)20-33-19(29)18-21(34-20)35-23(37)24(18,13-3-4-13)17-6-5-14(10-31-17)25(26,27)28/h5-8,10-13H,3-4,9H2,1-2H3,(H3,29,33,34,35,37). The van der Waals surface area contributed by atoms with Crippen LogP contribution in [0.3, 0.4) is 0 Å². The second kappa shape index (κ2) is 7.95. The molecule has 4 aromatic rings. The van der Waals surface area contributed by atoms with Gasteiger partial charge in [-0.05, 0) is 43.2 Å². The van der Waals surface area contributed by atoms with Crippen molar-refractivity contribution in [2.24, 2.45) is 11.8 Å². The minimum Gasteiger partial charge on any atom is -0.383 e. The lowest BCUT2D eigenvalue weighted by Crippen LogP contribution is -2.39. The molecule has 0 saturated heterocycles. The van der Waals surface area contributed by atoms with E-state index in [1.165, 1.54) is 6.07 Å². The highest BCUT2D eigenvalue weighted by atomic mass is 19.4. The zero-order chi connectivity index (χ0) is 26.1. The first-order valence-electron chi connectivity index (χ1n) is 11.9. The van der Waals surface area contributed by atoms with Crippen molar-refractivity contribution in [3.8, 4) is 11.5 Å². The Labute approximate surface area is 209 Å². The van der Waals surface area contributed by atoms with Gasteiger partial charge in [-0.25, -0.2) is 19.9 Å². The van der Waals surface area contributed by atoms with E-state index in [0.29, 0.717) is 36.4 Å². The van der Waals surface area contributed by atoms with Gasteiger partial charge in [0.05, 0.1) is 22.5 Å². The topological polar surface area (TPSA) is 124 Å². The number of pyridine rings is 1. The summed E-state index contributed by atoms with van der Waals surface area (Å²) in [6.07, 6.45) is 3.54. The maximum Gasteiger partial charge on any atom is 0.417 e. The maximum absolute atomic E-state index is 13.5. The highest BCUT2D eigenvalue weighted by Gasteiger charge is 2.60. The summed E-state index contributed by atoms with van der Waals surface area (Å²) in [7, 11) is 0. The lowest BCUT2D eigenvalue weighted by Gasteiger charge is -2.27. The average molecular weight is 509 g/mol. The van der Waals surface area contributed by atoms with Crippen molar-refractivity contribution in [1.29, 1.82) is 0 Å². The van der Waals surface area contributed by atoms with E-state index in [2.05, 4.69) is 39.1 Å². The molecule has 0 aromatic carbocycles. The number of aromatic nitrogens is 6. The number of imidazole rings is 1. The number of anilines is 2. The van der Waals surface area contributed by atoms with Crippen molar-refractivity contribution in [2.75, 3.05) is 11.1 Å². The van der Waals surface area contributed by atoms with E-state index in [0.717, 1.165) is 23.6 Å². The smallest absolute Gasteiger partial charge is 0.383 e. The Morgan fingerprint density at radius 3 is 2.62 bits per heavy atom. The molecule has 1 saturated carbocycles. The van der Waals surface area contributed by atoms with Gasteiger partial charge in [-0.15, -0.1) is 0 Å². The van der Waals surface area contributed by atoms with Crippen molar-refractivity contribution in [2.45, 2.75) is 44.7 Å². The molecule has 1 fully saturated rings. The lowest BCUT2D eigenvalue weighted by molar-refractivity contribution is -0.137. The van der Waals surface area contributed by atoms with Gasteiger partial charge in [0.25, 0.3) is 0 Å². The summed E-state index contributed by atoms with van der Waals surface area (Å²) in [6, 6.07) is 2.18. The second-order valence-electron chi connectivity index (χ2n) is 9.95. The van der Waals surface area contributed by atoms with Gasteiger partial charge in [0, 0.05) is 24.8 Å². The van der Waals surface area contributed by atoms with Crippen LogP contribution in [-0.4, -0.2) is 35.2 Å². The molecule has 6 rings (SSSR count). The van der Waals surface area contributed by atoms with Crippen LogP contribution in [0, 0.1) is 11.8 Å². The fourth-order valence-electron chi connectivity index (χ4n) is 5.17. The highest BCUT2D eigenvalue weighted by Crippen LogP contribution is 2.57. The van der Waals surface area contributed by atoms with Gasteiger partial charge in [-0.3, -0.25) is 9.78 Å². The van der Waals surface area contributed by atoms with Crippen LogP contribution in [0.15, 0.2) is 36.9 Å². The summed E-state index contributed by atoms with van der Waals surface area (Å²) in [6.45, 7) is 4.17. The minimum atomic E-state index is -4.54. The van der Waals surface area contributed by atoms with E-state index < -0.39 is 23.1 Å². The molecule has 0 spiro atoms. The zero-order valence-electron chi connectivity index (χ0n) is 20.0. The first kappa shape index (κ1) is 23.3. The Balaban J connectivity index is 1.49. The van der Waals surface area contributed by atoms with Crippen LogP contribution in [0.4, 0.5) is 24.8 Å². The van der Waals surface area contributed by atoms with Crippen LogP contribution in [0.5, 0.6) is 0 Å². The Hall–Kier alpha value is -4.09. The van der Waals surface area contributed by atoms with Gasteiger partial charge in [-0.2, -0.15) is 13.2 Å². The molecule has 0 radical (unpaired) electrons. The number of hydrogen-bond acceptors (Lipinski definition) is 7. The summed E-state index contributed by atoms with van der Waals surface area (Å²) in [5, 5.41) is 2.80. The summed E-state index contributed by atoms with van der Waals surface area (Å²) in [5.74, 6) is 0.249. The first-order valence-corrected chi connectivity index (χ1v) is 11.9. The Morgan fingerprint density at radius 2 is 1.97 bits per heavy atom. The summed E-state index contributed by atoms with van der Waals surface area (Å²) < 4.78 is 41.3. The molecule has 0 bridgehead atoms. The van der Waals surface area contributed by atoms with Crippen LogP contribution >= 0.6 is 0 Å². The number of rotatable bonds is 5. The molecule has 12 heteroatoms. The van der Waals surface area contributed by atoms with Crippen molar-refractivity contribution in [3.05, 3.63) is 59.4 Å². The number of nitrogens with one attached hydrogen (secondary N) is 1. The van der Waals surface area contributed by atoms with E-state index in [1.807, 2.05) is 4.40 Å². The number of nitrogen functional groups attached to an aromatic ring is 1. The third-order valence-corrected chi connectivity index (χ3v) is 6.88. The van der Waals surface area contributed by atoms with E-state index in [4.69, 9.17) is 10.7 Å². The van der Waals surface area contributed by atoms with E-state index in [1.54, 1.807) is 18.6 Å². The monoisotopic (exact) mass is 508 g/mol. The third kappa shape index (κ3) is 3.61. The first-order chi connectivity index (χ1) is 17.6. The molecule has 190 valence electrons. The summed E-state index contributed by atoms with van der Waals surface area (Å²) in [5.41, 5.74) is 6.74. The molecule has 1 aliphatic carbocycles. The van der Waals surface area contributed by atoms with Crippen LogP contribution < -0.4 is 11.1 Å². The summed E-state index contributed by atoms with van der Waals surface area (Å²) in [4.78, 5) is 35.9. The van der Waals surface area contributed by atoms with Crippen molar-refractivity contribution < 1.29 is 18.0 Å². The molecule has 1 amide bonds. The van der Waals surface area contributed by atoms with Gasteiger partial charge >= 0.3 is 6.18 Å². The molecule has 37 heavy (non-hydrogen) atoms. The quantitative estimate of drug-likeness (QED) is 0.417. The molecule has 2 aliphatic rings. The van der Waals surface area contributed by atoms with E-state index >= 15 is 0 Å². The van der Waals surface area contributed by atoms with Crippen molar-refractivity contribution in [1.82, 2.24) is 29.3 Å². The van der Waals surface area contributed by atoms with Crippen molar-refractivity contribution in [3.63, 3.8) is 0 Å². The predicted octanol–water partition coefficient (Wildman–Crippen LogP) is 4.03. The van der Waals surface area contributed by atoms with Gasteiger partial charge in [0.2, 0.25) is 5.91 Å². The lowest BCUT2D eigenvalue weighted by atomic mass is 9.74. The number of fused-ring (bicyclic) bond motifs is 2. The number of carbonyl (C=O) groups excluding carboxylic acids is 1. The van der Waals surface area contributed by atoms with Crippen LogP contribution in [0.25, 0.3) is 17.2 Å². The average Bonchev–Trinajstić information content (AvgIpc) is 3.48. The van der Waals surface area contributed by atoms with Crippen molar-refractivity contribution >= 4 is 23.2 Å². The molecular formula is C25H23F3N8O. The SMILES string of the molecule is CC(C)Cc1nc(-c2nc(N)c3c(n2)NC(=O)C3(c2ccc(C(F)(F)F)cn2)C2CC2)cn2ccnc12. The zero-order valence-corrected chi connectivity index (χ0v) is 20.0. The molecule has 9 nitrogen and oxygen atoms in total. The maximum atomic E-state index is 13.5. The fourth-order valence-corrected chi connectivity index (χ4v) is 5.17. The number of nitrogens with zero attached hydrogens (tertiary/aromatic N) is 6. The Morgan fingerprint density at radius 1 is 1.19 bits per heavy atom. The molecule has 4 aromatic heterocycles. The number of amides is 1. The molecular weight excluding hydrogens is 485 g/mol. The normalized spacial score (nSPS) is 19.5. The second-order valence-corrected chi connectivity index (χ2v) is 9.95. The number of alkyl halides is 3. The molecule has 1 unspecified atom stereocenters. The Bertz CT molecular complexity index is 1540. The largest absolute Gasteiger partial charge is 0.417 e. The van der Waals surface area contributed by atoms with Crippen LogP contribution in [0.2, 0.25) is 0 Å². The van der Waals surface area contributed by atoms with Crippen LogP contribution in [-0.2, 0) is 22.8 Å². The molecule has 1 atom stereocenters. The molecule has 1 aliphatic heterocycles. The predicted molar refractivity (Wildman–Crippen MR) is 128 cm³/mol. The number of hydrogen-bond donors (Lipinski definition) is 2. The highest BCUT2D eigenvalue weighted by molar-refractivity contribution is 6.09.